The van der Waals surface area contributed by atoms with Gasteiger partial charge in [0.05, 0.1) is 21.8 Å². The van der Waals surface area contributed by atoms with Gasteiger partial charge in [-0.15, -0.1) is 0 Å². The van der Waals surface area contributed by atoms with Crippen molar-refractivity contribution >= 4 is 20.7 Å². The van der Waals surface area contributed by atoms with Crippen LogP contribution in [0.15, 0.2) is 64.3 Å². The number of sulfone groups is 1. The first-order valence-corrected chi connectivity index (χ1v) is 10.3. The fourth-order valence-corrected chi connectivity index (χ4v) is 6.46. The zero-order chi connectivity index (χ0) is 17.9. The first kappa shape index (κ1) is 15.8. The number of nitrogens with one attached hydrogen (secondary N) is 2. The van der Waals surface area contributed by atoms with Crippen LogP contribution in [0, 0.1) is 5.41 Å². The van der Waals surface area contributed by atoms with Crippen molar-refractivity contribution in [3.63, 3.8) is 0 Å². The average Bonchev–Trinajstić information content (AvgIpc) is 2.91. The summed E-state index contributed by atoms with van der Waals surface area (Å²) < 4.78 is 27.5. The molecule has 6 nitrogen and oxygen atoms in total. The van der Waals surface area contributed by atoms with Gasteiger partial charge in [0.25, 0.3) is 5.56 Å². The van der Waals surface area contributed by atoms with Gasteiger partial charge in [0.2, 0.25) is 0 Å². The zero-order valence-corrected chi connectivity index (χ0v) is 14.9. The van der Waals surface area contributed by atoms with Crippen molar-refractivity contribution < 1.29 is 8.42 Å². The molecule has 1 unspecified atom stereocenters. The van der Waals surface area contributed by atoms with Gasteiger partial charge in [0, 0.05) is 12.0 Å². The number of hydrogen-bond acceptors (Lipinski definition) is 4. The summed E-state index contributed by atoms with van der Waals surface area (Å²) in [6.45, 7) is 0.676. The van der Waals surface area contributed by atoms with Crippen LogP contribution in [0.2, 0.25) is 0 Å². The summed E-state index contributed by atoms with van der Waals surface area (Å²) in [7, 11) is -3.42. The van der Waals surface area contributed by atoms with E-state index in [0.717, 1.165) is 5.52 Å². The van der Waals surface area contributed by atoms with Crippen molar-refractivity contribution in [2.45, 2.75) is 29.2 Å². The van der Waals surface area contributed by atoms with Crippen molar-refractivity contribution in [1.82, 2.24) is 15.1 Å². The Morgan fingerprint density at radius 1 is 1.00 bits per heavy atom. The maximum atomic E-state index is 12.9. The molecule has 2 aliphatic rings. The molecule has 1 saturated heterocycles. The summed E-state index contributed by atoms with van der Waals surface area (Å²) in [6.07, 6.45) is 1.37. The van der Waals surface area contributed by atoms with E-state index in [1.807, 2.05) is 30.3 Å². The number of aromatic amines is 1. The van der Waals surface area contributed by atoms with Crippen LogP contribution < -0.4 is 10.9 Å². The molecular weight excluding hydrogens is 350 g/mol. The predicted molar refractivity (Wildman–Crippen MR) is 98.7 cm³/mol. The highest BCUT2D eigenvalue weighted by atomic mass is 32.2. The summed E-state index contributed by atoms with van der Waals surface area (Å²) in [4.78, 5) is 12.9. The molecule has 5 rings (SSSR count). The molecule has 0 radical (unpaired) electrons. The molecule has 2 heterocycles. The summed E-state index contributed by atoms with van der Waals surface area (Å²) in [5.74, 6) is 0. The highest BCUT2D eigenvalue weighted by molar-refractivity contribution is 7.92. The molecule has 1 saturated carbocycles. The number of para-hydroxylation sites is 1. The van der Waals surface area contributed by atoms with E-state index >= 15 is 0 Å². The third-order valence-corrected chi connectivity index (χ3v) is 8.06. The third-order valence-electron chi connectivity index (χ3n) is 5.84. The smallest absolute Gasteiger partial charge is 0.274 e. The zero-order valence-electron chi connectivity index (χ0n) is 14.1. The Morgan fingerprint density at radius 3 is 2.35 bits per heavy atom. The van der Waals surface area contributed by atoms with Crippen LogP contribution >= 0.6 is 0 Å². The fourth-order valence-electron chi connectivity index (χ4n) is 4.41. The normalized spacial score (nSPS) is 28.0. The Morgan fingerprint density at radius 2 is 1.69 bits per heavy atom. The van der Waals surface area contributed by atoms with Gasteiger partial charge in [0.1, 0.15) is 5.37 Å². The van der Waals surface area contributed by atoms with Gasteiger partial charge < -0.3 is 0 Å². The van der Waals surface area contributed by atoms with Gasteiger partial charge in [-0.05, 0) is 37.1 Å². The minimum absolute atomic E-state index is 0.0190. The SMILES string of the molecule is O=c1c2ccccc2[nH]n1C1CC2(CNC2S(=O)(=O)c2ccccc2)C1. The second kappa shape index (κ2) is 5.31. The number of hydrogen-bond donors (Lipinski definition) is 2. The predicted octanol–water partition coefficient (Wildman–Crippen LogP) is 2.05. The van der Waals surface area contributed by atoms with E-state index in [1.54, 1.807) is 28.9 Å². The van der Waals surface area contributed by atoms with Gasteiger partial charge in [-0.1, -0.05) is 30.3 Å². The lowest BCUT2D eigenvalue weighted by atomic mass is 9.61. The molecule has 2 fully saturated rings. The Labute approximate surface area is 150 Å². The van der Waals surface area contributed by atoms with Gasteiger partial charge in [0.15, 0.2) is 9.84 Å². The number of aromatic nitrogens is 2. The van der Waals surface area contributed by atoms with E-state index in [4.69, 9.17) is 0 Å². The Kier molecular flexibility index (Phi) is 3.24. The lowest BCUT2D eigenvalue weighted by molar-refractivity contribution is -0.0173. The first-order chi connectivity index (χ1) is 12.5. The van der Waals surface area contributed by atoms with Crippen LogP contribution in [-0.2, 0) is 9.84 Å². The lowest BCUT2D eigenvalue weighted by Gasteiger charge is -2.58. The number of nitrogens with zero attached hydrogens (tertiary/aromatic N) is 1. The lowest BCUT2D eigenvalue weighted by Crippen LogP contribution is -2.70. The van der Waals surface area contributed by atoms with E-state index in [0.29, 0.717) is 29.7 Å². The highest BCUT2D eigenvalue weighted by Crippen LogP contribution is 2.56. The van der Waals surface area contributed by atoms with E-state index in [2.05, 4.69) is 10.4 Å². The molecule has 2 N–H and O–H groups in total. The quantitative estimate of drug-likeness (QED) is 0.740. The molecule has 134 valence electrons. The molecule has 0 bridgehead atoms. The van der Waals surface area contributed by atoms with Gasteiger partial charge >= 0.3 is 0 Å². The topological polar surface area (TPSA) is 84.0 Å². The Balaban J connectivity index is 1.42. The molecule has 1 atom stereocenters. The van der Waals surface area contributed by atoms with Gasteiger partial charge in [-0.2, -0.15) is 0 Å². The molecular formula is C19H19N3O3S. The van der Waals surface area contributed by atoms with Crippen LogP contribution in [0.1, 0.15) is 18.9 Å². The maximum Gasteiger partial charge on any atom is 0.274 e. The van der Waals surface area contributed by atoms with Crippen molar-refractivity contribution in [3.05, 3.63) is 65.0 Å². The number of H-pyrrole nitrogens is 1. The molecule has 7 heteroatoms. The van der Waals surface area contributed by atoms with Crippen molar-refractivity contribution in [2.24, 2.45) is 5.41 Å². The Bertz CT molecular complexity index is 1140. The molecule has 3 aromatic rings. The molecule has 2 aromatic carbocycles. The summed E-state index contributed by atoms with van der Waals surface area (Å²) in [5.41, 5.74) is 0.504. The van der Waals surface area contributed by atoms with Crippen LogP contribution in [-0.4, -0.2) is 30.1 Å². The summed E-state index contributed by atoms with van der Waals surface area (Å²) in [6, 6.07) is 16.0. The monoisotopic (exact) mass is 369 g/mol. The summed E-state index contributed by atoms with van der Waals surface area (Å²) >= 11 is 0. The van der Waals surface area contributed by atoms with E-state index in [1.165, 1.54) is 0 Å². The Hall–Kier alpha value is -2.38. The standard InChI is InChI=1S/C19H19N3O3S/c23-17-15-8-4-5-9-16(15)21-22(17)13-10-19(11-13)12-20-18(19)26(24,25)14-6-2-1-3-7-14/h1-9,13,18,20-21H,10-12H2. The third kappa shape index (κ3) is 2.07. The van der Waals surface area contributed by atoms with Crippen molar-refractivity contribution in [2.75, 3.05) is 6.54 Å². The summed E-state index contributed by atoms with van der Waals surface area (Å²) in [5, 5.41) is 6.38. The van der Waals surface area contributed by atoms with Crippen LogP contribution in [0.3, 0.4) is 0 Å². The fraction of sp³-hybridized carbons (Fsp3) is 0.316. The average molecular weight is 369 g/mol. The number of fused-ring (bicyclic) bond motifs is 1. The largest absolute Gasteiger partial charge is 0.300 e. The first-order valence-electron chi connectivity index (χ1n) is 8.73. The molecule has 1 spiro atoms. The molecule has 26 heavy (non-hydrogen) atoms. The second-order valence-corrected chi connectivity index (χ2v) is 9.41. The van der Waals surface area contributed by atoms with Crippen LogP contribution in [0.4, 0.5) is 0 Å². The number of benzene rings is 2. The minimum atomic E-state index is -3.42. The van der Waals surface area contributed by atoms with E-state index in [9.17, 15) is 13.2 Å². The van der Waals surface area contributed by atoms with E-state index in [-0.39, 0.29) is 17.0 Å². The van der Waals surface area contributed by atoms with Crippen LogP contribution in [0.25, 0.3) is 10.9 Å². The van der Waals surface area contributed by atoms with E-state index < -0.39 is 15.2 Å². The molecule has 1 aromatic heterocycles. The maximum absolute atomic E-state index is 12.9. The molecule has 1 aliphatic heterocycles. The van der Waals surface area contributed by atoms with Crippen LogP contribution in [0.5, 0.6) is 0 Å². The molecule has 0 amide bonds. The van der Waals surface area contributed by atoms with Crippen molar-refractivity contribution in [1.29, 1.82) is 0 Å². The minimum Gasteiger partial charge on any atom is -0.300 e. The molecule has 1 aliphatic carbocycles. The van der Waals surface area contributed by atoms with Crippen molar-refractivity contribution in [3.8, 4) is 0 Å². The number of rotatable bonds is 3. The van der Waals surface area contributed by atoms with Gasteiger partial charge in [-0.25, -0.2) is 13.1 Å². The van der Waals surface area contributed by atoms with Gasteiger partial charge in [-0.3, -0.25) is 15.2 Å². The second-order valence-electron chi connectivity index (χ2n) is 7.38. The highest BCUT2D eigenvalue weighted by Gasteiger charge is 2.61.